The standard InChI is InChI=1S/C10H21NO4/c12-4-6-14-8-10-15-9-7-13-5-3-11-1-2-11/h12H,1-10H2. The molecule has 1 N–H and O–H groups in total. The van der Waals surface area contributed by atoms with Crippen LogP contribution in [-0.4, -0.2) is 75.9 Å². The molecule has 0 bridgehead atoms. The first-order valence-corrected chi connectivity index (χ1v) is 5.50. The SMILES string of the molecule is OCCOCCOCCOCCN1CC1. The third-order valence-electron chi connectivity index (χ3n) is 2.07. The van der Waals surface area contributed by atoms with Gasteiger partial charge in [-0.2, -0.15) is 0 Å². The lowest BCUT2D eigenvalue weighted by Gasteiger charge is -2.06. The third kappa shape index (κ3) is 8.77. The number of ether oxygens (including phenoxy) is 3. The summed E-state index contributed by atoms with van der Waals surface area (Å²) < 4.78 is 15.7. The van der Waals surface area contributed by atoms with Gasteiger partial charge in [0.1, 0.15) is 0 Å². The fourth-order valence-electron chi connectivity index (χ4n) is 1.09. The van der Waals surface area contributed by atoms with E-state index < -0.39 is 0 Å². The first kappa shape index (κ1) is 12.9. The number of aliphatic hydroxyl groups excluding tert-OH is 1. The summed E-state index contributed by atoms with van der Waals surface area (Å²) in [6.45, 7) is 7.10. The van der Waals surface area contributed by atoms with Crippen molar-refractivity contribution in [1.29, 1.82) is 0 Å². The molecule has 1 aliphatic heterocycles. The second-order valence-electron chi connectivity index (χ2n) is 3.40. The predicted molar refractivity (Wildman–Crippen MR) is 56.0 cm³/mol. The summed E-state index contributed by atoms with van der Waals surface area (Å²) in [7, 11) is 0. The molecule has 0 saturated carbocycles. The Hall–Kier alpha value is -0.200. The van der Waals surface area contributed by atoms with Gasteiger partial charge in [0, 0.05) is 19.6 Å². The van der Waals surface area contributed by atoms with E-state index in [0.29, 0.717) is 33.0 Å². The van der Waals surface area contributed by atoms with Gasteiger partial charge in [0.25, 0.3) is 0 Å². The third-order valence-corrected chi connectivity index (χ3v) is 2.07. The minimum atomic E-state index is 0.0691. The van der Waals surface area contributed by atoms with Gasteiger partial charge in [-0.3, -0.25) is 4.90 Å². The van der Waals surface area contributed by atoms with Crippen molar-refractivity contribution in [2.75, 3.05) is 65.9 Å². The van der Waals surface area contributed by atoms with Gasteiger partial charge in [-0.15, -0.1) is 0 Å². The quantitative estimate of drug-likeness (QED) is 0.369. The van der Waals surface area contributed by atoms with Crippen LogP contribution in [0.2, 0.25) is 0 Å². The zero-order chi connectivity index (χ0) is 10.8. The van der Waals surface area contributed by atoms with Crippen LogP contribution in [-0.2, 0) is 14.2 Å². The molecule has 0 aromatic rings. The van der Waals surface area contributed by atoms with E-state index in [4.69, 9.17) is 19.3 Å². The number of hydrogen-bond acceptors (Lipinski definition) is 5. The molecule has 90 valence electrons. The van der Waals surface area contributed by atoms with Crippen molar-refractivity contribution < 1.29 is 19.3 Å². The molecular formula is C10H21NO4. The Bertz CT molecular complexity index is 141. The van der Waals surface area contributed by atoms with Crippen molar-refractivity contribution >= 4 is 0 Å². The average molecular weight is 219 g/mol. The molecule has 5 nitrogen and oxygen atoms in total. The van der Waals surface area contributed by atoms with E-state index in [1.54, 1.807) is 0 Å². The molecule has 1 rings (SSSR count). The summed E-state index contributed by atoms with van der Waals surface area (Å²) in [4.78, 5) is 2.32. The zero-order valence-electron chi connectivity index (χ0n) is 9.19. The second kappa shape index (κ2) is 9.06. The highest BCUT2D eigenvalue weighted by molar-refractivity contribution is 4.70. The van der Waals surface area contributed by atoms with Crippen LogP contribution in [0.4, 0.5) is 0 Å². The Morgan fingerprint density at radius 2 is 1.33 bits per heavy atom. The highest BCUT2D eigenvalue weighted by Crippen LogP contribution is 2.00. The molecule has 1 fully saturated rings. The largest absolute Gasteiger partial charge is 0.394 e. The van der Waals surface area contributed by atoms with Gasteiger partial charge in [-0.05, 0) is 0 Å². The van der Waals surface area contributed by atoms with Crippen molar-refractivity contribution in [2.45, 2.75) is 0 Å². The molecule has 1 aliphatic rings. The van der Waals surface area contributed by atoms with Crippen LogP contribution in [0.5, 0.6) is 0 Å². The van der Waals surface area contributed by atoms with Crippen LogP contribution in [0.3, 0.4) is 0 Å². The second-order valence-corrected chi connectivity index (χ2v) is 3.40. The van der Waals surface area contributed by atoms with E-state index in [0.717, 1.165) is 13.2 Å². The minimum Gasteiger partial charge on any atom is -0.394 e. The summed E-state index contributed by atoms with van der Waals surface area (Å²) >= 11 is 0. The molecule has 5 heteroatoms. The van der Waals surface area contributed by atoms with E-state index in [-0.39, 0.29) is 6.61 Å². The Labute approximate surface area is 90.9 Å². The van der Waals surface area contributed by atoms with Crippen LogP contribution in [0.15, 0.2) is 0 Å². The van der Waals surface area contributed by atoms with Crippen molar-refractivity contribution in [1.82, 2.24) is 4.90 Å². The molecule has 0 amide bonds. The Balaban J connectivity index is 1.62. The Morgan fingerprint density at radius 3 is 1.87 bits per heavy atom. The minimum absolute atomic E-state index is 0.0691. The fraction of sp³-hybridized carbons (Fsp3) is 1.00. The maximum Gasteiger partial charge on any atom is 0.0701 e. The van der Waals surface area contributed by atoms with Gasteiger partial charge >= 0.3 is 0 Å². The average Bonchev–Trinajstić information content (AvgIpc) is 3.05. The highest BCUT2D eigenvalue weighted by Gasteiger charge is 2.15. The molecule has 15 heavy (non-hydrogen) atoms. The normalized spacial score (nSPS) is 15.8. The van der Waals surface area contributed by atoms with Crippen molar-refractivity contribution in [2.24, 2.45) is 0 Å². The van der Waals surface area contributed by atoms with E-state index in [1.165, 1.54) is 13.1 Å². The molecule has 1 heterocycles. The van der Waals surface area contributed by atoms with E-state index >= 15 is 0 Å². The lowest BCUT2D eigenvalue weighted by atomic mass is 10.6. The maximum atomic E-state index is 8.43. The number of rotatable bonds is 11. The summed E-state index contributed by atoms with van der Waals surface area (Å²) in [6, 6.07) is 0. The van der Waals surface area contributed by atoms with Gasteiger partial charge in [-0.25, -0.2) is 0 Å². The lowest BCUT2D eigenvalue weighted by Crippen LogP contribution is -2.13. The van der Waals surface area contributed by atoms with E-state index in [2.05, 4.69) is 4.90 Å². The first-order valence-electron chi connectivity index (χ1n) is 5.50. The molecule has 0 unspecified atom stereocenters. The molecule has 0 aromatic heterocycles. The number of hydrogen-bond donors (Lipinski definition) is 1. The highest BCUT2D eigenvalue weighted by atomic mass is 16.5. The molecule has 0 atom stereocenters. The van der Waals surface area contributed by atoms with Gasteiger partial charge in [0.2, 0.25) is 0 Å². The van der Waals surface area contributed by atoms with Gasteiger partial charge in [0.05, 0.1) is 46.2 Å². The lowest BCUT2D eigenvalue weighted by molar-refractivity contribution is 0.00706. The molecule has 0 aromatic carbocycles. The van der Waals surface area contributed by atoms with Crippen LogP contribution in [0.25, 0.3) is 0 Å². The molecular weight excluding hydrogens is 198 g/mol. The zero-order valence-corrected chi connectivity index (χ0v) is 9.19. The number of nitrogens with zero attached hydrogens (tertiary/aromatic N) is 1. The molecule has 0 aliphatic carbocycles. The summed E-state index contributed by atoms with van der Waals surface area (Å²) in [5.41, 5.74) is 0. The Morgan fingerprint density at radius 1 is 0.800 bits per heavy atom. The number of aliphatic hydroxyl groups is 1. The van der Waals surface area contributed by atoms with Crippen LogP contribution in [0, 0.1) is 0 Å². The summed E-state index contributed by atoms with van der Waals surface area (Å²) in [6.07, 6.45) is 0. The summed E-state index contributed by atoms with van der Waals surface area (Å²) in [5.74, 6) is 0. The molecule has 1 saturated heterocycles. The topological polar surface area (TPSA) is 50.9 Å². The van der Waals surface area contributed by atoms with Gasteiger partial charge in [0.15, 0.2) is 0 Å². The molecule has 0 spiro atoms. The van der Waals surface area contributed by atoms with E-state index in [9.17, 15) is 0 Å². The van der Waals surface area contributed by atoms with Crippen molar-refractivity contribution in [3.63, 3.8) is 0 Å². The monoisotopic (exact) mass is 219 g/mol. The van der Waals surface area contributed by atoms with Gasteiger partial charge in [-0.1, -0.05) is 0 Å². The van der Waals surface area contributed by atoms with Crippen LogP contribution in [0.1, 0.15) is 0 Å². The fourth-order valence-corrected chi connectivity index (χ4v) is 1.09. The van der Waals surface area contributed by atoms with Crippen molar-refractivity contribution in [3.8, 4) is 0 Å². The summed E-state index contributed by atoms with van der Waals surface area (Å²) in [5, 5.41) is 8.43. The Kier molecular flexibility index (Phi) is 7.77. The maximum absolute atomic E-state index is 8.43. The van der Waals surface area contributed by atoms with Gasteiger partial charge < -0.3 is 19.3 Å². The molecule has 0 radical (unpaired) electrons. The smallest absolute Gasteiger partial charge is 0.0701 e. The van der Waals surface area contributed by atoms with Crippen molar-refractivity contribution in [3.05, 3.63) is 0 Å². The van der Waals surface area contributed by atoms with Crippen LogP contribution >= 0.6 is 0 Å². The predicted octanol–water partition coefficient (Wildman–Crippen LogP) is -0.656. The van der Waals surface area contributed by atoms with E-state index in [1.807, 2.05) is 0 Å². The van der Waals surface area contributed by atoms with Crippen LogP contribution < -0.4 is 0 Å². The first-order chi connectivity index (χ1) is 7.43.